The van der Waals surface area contributed by atoms with Crippen molar-refractivity contribution in [2.45, 2.75) is 49.3 Å². The number of H-pyrrole nitrogens is 1. The number of carboxylic acids is 1. The summed E-state index contributed by atoms with van der Waals surface area (Å²) in [5.41, 5.74) is -0.454. The topological polar surface area (TPSA) is 95.1 Å². The number of aromatic nitrogens is 2. The fourth-order valence-electron chi connectivity index (χ4n) is 2.55. The first-order valence-corrected chi connectivity index (χ1v) is 8.20. The lowest BCUT2D eigenvalue weighted by Gasteiger charge is -2.30. The van der Waals surface area contributed by atoms with Crippen LogP contribution in [0.3, 0.4) is 0 Å². The average Bonchev–Trinajstić information content (AvgIpc) is 3.24. The van der Waals surface area contributed by atoms with E-state index in [1.807, 2.05) is 0 Å². The van der Waals surface area contributed by atoms with Gasteiger partial charge in [-0.15, -0.1) is 0 Å². The lowest BCUT2D eigenvalue weighted by atomic mass is 9.95. The maximum Gasteiger partial charge on any atom is 0.325 e. The zero-order valence-electron chi connectivity index (χ0n) is 11.9. The van der Waals surface area contributed by atoms with Crippen molar-refractivity contribution in [3.05, 3.63) is 22.1 Å². The minimum atomic E-state index is -0.895. The lowest BCUT2D eigenvalue weighted by molar-refractivity contribution is -0.145. The number of carboxylic acid groups (broad SMARTS) is 1. The molecule has 3 rings (SSSR count). The van der Waals surface area contributed by atoms with Gasteiger partial charge in [0.15, 0.2) is 5.16 Å². The molecule has 2 aliphatic rings. The minimum Gasteiger partial charge on any atom is -0.480 e. The van der Waals surface area contributed by atoms with Crippen LogP contribution in [0.5, 0.6) is 0 Å². The monoisotopic (exact) mass is 309 g/mol. The Balaban J connectivity index is 1.77. The van der Waals surface area contributed by atoms with E-state index in [-0.39, 0.29) is 11.5 Å². The Morgan fingerprint density at radius 1 is 1.52 bits per heavy atom. The average molecular weight is 309 g/mol. The smallest absolute Gasteiger partial charge is 0.325 e. The molecule has 1 unspecified atom stereocenters. The van der Waals surface area contributed by atoms with Crippen LogP contribution < -0.4 is 10.9 Å². The van der Waals surface area contributed by atoms with Gasteiger partial charge in [0.2, 0.25) is 0 Å². The molecule has 3 N–H and O–H groups in total. The third-order valence-electron chi connectivity index (χ3n) is 3.98. The Morgan fingerprint density at radius 2 is 2.24 bits per heavy atom. The summed E-state index contributed by atoms with van der Waals surface area (Å²) in [6.07, 6.45) is 3.99. The molecule has 0 radical (unpaired) electrons. The van der Waals surface area contributed by atoms with Crippen LogP contribution in [0.25, 0.3) is 0 Å². The van der Waals surface area contributed by atoms with E-state index >= 15 is 0 Å². The first kappa shape index (κ1) is 14.6. The number of aliphatic carboxylic acids is 1. The van der Waals surface area contributed by atoms with Crippen molar-refractivity contribution in [2.75, 3.05) is 5.75 Å². The molecular weight excluding hydrogens is 290 g/mol. The number of aryl methyl sites for hydroxylation is 1. The summed E-state index contributed by atoms with van der Waals surface area (Å²) >= 11 is 1.31. The molecule has 0 aliphatic heterocycles. The first-order chi connectivity index (χ1) is 9.99. The Labute approximate surface area is 126 Å². The highest BCUT2D eigenvalue weighted by Crippen LogP contribution is 2.44. The number of nitrogens with zero attached hydrogens (tertiary/aromatic N) is 1. The molecule has 114 valence electrons. The molecule has 21 heavy (non-hydrogen) atoms. The summed E-state index contributed by atoms with van der Waals surface area (Å²) in [5, 5.41) is 13.5. The predicted molar refractivity (Wildman–Crippen MR) is 79.6 cm³/mol. The SMILES string of the molecule is Cc1cc(=O)[nH]c(SCC(NC2CC2)(C(=O)O)C2CC2)n1. The van der Waals surface area contributed by atoms with Crippen LogP contribution in [0.2, 0.25) is 0 Å². The van der Waals surface area contributed by atoms with E-state index in [1.165, 1.54) is 17.8 Å². The number of hydrogen-bond acceptors (Lipinski definition) is 5. The van der Waals surface area contributed by atoms with Crippen LogP contribution in [-0.4, -0.2) is 38.4 Å². The molecular formula is C14H19N3O3S. The van der Waals surface area contributed by atoms with Gasteiger partial charge in [-0.2, -0.15) is 0 Å². The minimum absolute atomic E-state index is 0.180. The summed E-state index contributed by atoms with van der Waals surface area (Å²) in [5.74, 6) is -0.227. The maximum absolute atomic E-state index is 11.9. The van der Waals surface area contributed by atoms with Crippen molar-refractivity contribution < 1.29 is 9.90 Å². The van der Waals surface area contributed by atoms with Crippen LogP contribution in [0, 0.1) is 12.8 Å². The molecule has 0 bridgehead atoms. The molecule has 2 fully saturated rings. The molecule has 1 heterocycles. The fraction of sp³-hybridized carbons (Fsp3) is 0.643. The molecule has 0 spiro atoms. The van der Waals surface area contributed by atoms with Gasteiger partial charge in [0.1, 0.15) is 5.54 Å². The number of aromatic amines is 1. The predicted octanol–water partition coefficient (Wildman–Crippen LogP) is 1.16. The molecule has 2 aliphatic carbocycles. The number of carbonyl (C=O) groups is 1. The van der Waals surface area contributed by atoms with Gasteiger partial charge in [0, 0.05) is 23.6 Å². The second kappa shape index (κ2) is 5.46. The molecule has 7 heteroatoms. The largest absolute Gasteiger partial charge is 0.480 e. The van der Waals surface area contributed by atoms with Gasteiger partial charge in [-0.3, -0.25) is 14.9 Å². The van der Waals surface area contributed by atoms with Crippen molar-refractivity contribution in [3.63, 3.8) is 0 Å². The van der Waals surface area contributed by atoms with Crippen molar-refractivity contribution in [1.82, 2.24) is 15.3 Å². The summed E-state index contributed by atoms with van der Waals surface area (Å²) in [4.78, 5) is 30.2. The zero-order valence-corrected chi connectivity index (χ0v) is 12.7. The molecule has 2 saturated carbocycles. The van der Waals surface area contributed by atoms with E-state index in [0.29, 0.717) is 22.6 Å². The highest BCUT2D eigenvalue weighted by atomic mass is 32.2. The summed E-state index contributed by atoms with van der Waals surface area (Å²) < 4.78 is 0. The quantitative estimate of drug-likeness (QED) is 0.517. The van der Waals surface area contributed by atoms with Crippen molar-refractivity contribution in [3.8, 4) is 0 Å². The number of thioether (sulfide) groups is 1. The molecule has 1 aromatic rings. The van der Waals surface area contributed by atoms with Crippen molar-refractivity contribution >= 4 is 17.7 Å². The van der Waals surface area contributed by atoms with Gasteiger partial charge < -0.3 is 10.1 Å². The number of nitrogens with one attached hydrogen (secondary N) is 2. The van der Waals surface area contributed by atoms with Gasteiger partial charge in [0.25, 0.3) is 5.56 Å². The molecule has 0 saturated heterocycles. The molecule has 1 aromatic heterocycles. The Kier molecular flexibility index (Phi) is 3.79. The second-order valence-electron chi connectivity index (χ2n) is 5.95. The van der Waals surface area contributed by atoms with Crippen LogP contribution in [0.15, 0.2) is 16.0 Å². The van der Waals surface area contributed by atoms with Crippen LogP contribution in [0.1, 0.15) is 31.4 Å². The Morgan fingerprint density at radius 3 is 2.76 bits per heavy atom. The van der Waals surface area contributed by atoms with E-state index in [9.17, 15) is 14.7 Å². The summed E-state index contributed by atoms with van der Waals surface area (Å²) in [6.45, 7) is 1.76. The standard InChI is InChI=1S/C14H19N3O3S/c1-8-6-11(18)16-13(15-8)21-7-14(12(19)20,9-2-3-9)17-10-4-5-10/h6,9-10,17H,2-5,7H2,1H3,(H,19,20)(H,15,16,18). The van der Waals surface area contributed by atoms with Gasteiger partial charge in [-0.25, -0.2) is 4.98 Å². The highest BCUT2D eigenvalue weighted by Gasteiger charge is 2.53. The molecule has 6 nitrogen and oxygen atoms in total. The zero-order chi connectivity index (χ0) is 15.0. The van der Waals surface area contributed by atoms with Gasteiger partial charge >= 0.3 is 5.97 Å². The number of rotatable bonds is 7. The van der Waals surface area contributed by atoms with E-state index in [0.717, 1.165) is 25.7 Å². The van der Waals surface area contributed by atoms with Gasteiger partial charge in [0.05, 0.1) is 0 Å². The highest BCUT2D eigenvalue weighted by molar-refractivity contribution is 7.99. The van der Waals surface area contributed by atoms with E-state index in [4.69, 9.17) is 0 Å². The molecule has 0 aromatic carbocycles. The molecule has 1 atom stereocenters. The lowest BCUT2D eigenvalue weighted by Crippen LogP contribution is -2.57. The van der Waals surface area contributed by atoms with Gasteiger partial charge in [-0.1, -0.05) is 11.8 Å². The third-order valence-corrected chi connectivity index (χ3v) is 5.05. The normalized spacial score (nSPS) is 21.0. The van der Waals surface area contributed by atoms with Crippen LogP contribution in [0.4, 0.5) is 0 Å². The summed E-state index contributed by atoms with van der Waals surface area (Å²) in [7, 11) is 0. The van der Waals surface area contributed by atoms with Crippen molar-refractivity contribution in [2.24, 2.45) is 5.92 Å². The van der Waals surface area contributed by atoms with E-state index in [2.05, 4.69) is 15.3 Å². The maximum atomic E-state index is 11.9. The van der Waals surface area contributed by atoms with Crippen molar-refractivity contribution in [1.29, 1.82) is 0 Å². The Hall–Kier alpha value is -1.34. The fourth-order valence-corrected chi connectivity index (χ4v) is 3.73. The van der Waals surface area contributed by atoms with Gasteiger partial charge in [-0.05, 0) is 38.5 Å². The first-order valence-electron chi connectivity index (χ1n) is 7.21. The van der Waals surface area contributed by atoms with E-state index < -0.39 is 11.5 Å². The third kappa shape index (κ3) is 3.29. The molecule has 0 amide bonds. The van der Waals surface area contributed by atoms with Crippen LogP contribution in [-0.2, 0) is 4.79 Å². The van der Waals surface area contributed by atoms with Crippen LogP contribution >= 0.6 is 11.8 Å². The summed E-state index contributed by atoms with van der Waals surface area (Å²) in [6, 6.07) is 1.75. The second-order valence-corrected chi connectivity index (χ2v) is 6.91. The Bertz CT molecular complexity index is 610. The van der Waals surface area contributed by atoms with E-state index in [1.54, 1.807) is 6.92 Å². The number of hydrogen-bond donors (Lipinski definition) is 3.